The number of hydrogen-bond donors (Lipinski definition) is 3. The van der Waals surface area contributed by atoms with Gasteiger partial charge in [-0.25, -0.2) is 9.37 Å². The number of H-pyrrole nitrogens is 1. The average molecular weight is 363 g/mol. The highest BCUT2D eigenvalue weighted by molar-refractivity contribution is 5.85. The summed E-state index contributed by atoms with van der Waals surface area (Å²) < 4.78 is 14.8. The fourth-order valence-corrected chi connectivity index (χ4v) is 3.52. The second kappa shape index (κ2) is 6.87. The molecule has 0 saturated heterocycles. The van der Waals surface area contributed by atoms with Gasteiger partial charge in [0.15, 0.2) is 5.82 Å². The molecule has 0 fully saturated rings. The van der Waals surface area contributed by atoms with E-state index in [1.165, 1.54) is 11.1 Å². The number of hydrogen-bond acceptors (Lipinski definition) is 4. The molecule has 0 saturated carbocycles. The lowest BCUT2D eigenvalue weighted by atomic mass is 9.97. The number of nitrogens with zero attached hydrogens (tertiary/aromatic N) is 2. The molecular weight excluding hydrogens is 341 g/mol. The van der Waals surface area contributed by atoms with E-state index in [1.54, 1.807) is 24.4 Å². The van der Waals surface area contributed by atoms with Crippen molar-refractivity contribution in [2.75, 3.05) is 10.6 Å². The number of aryl methyl sites for hydroxylation is 1. The molecule has 2 aromatic heterocycles. The van der Waals surface area contributed by atoms with Crippen LogP contribution in [0.25, 0.3) is 10.9 Å². The summed E-state index contributed by atoms with van der Waals surface area (Å²) in [5.74, 6) is 0.765. The topological polar surface area (TPSA) is 65.6 Å². The third-order valence-electron chi connectivity index (χ3n) is 4.59. The highest BCUT2D eigenvalue weighted by Crippen LogP contribution is 2.27. The molecule has 1 unspecified atom stereocenters. The smallest absolute Gasteiger partial charge is 0.225 e. The molecule has 0 aliphatic heterocycles. The summed E-state index contributed by atoms with van der Waals surface area (Å²) in [6, 6.07) is 7.25. The van der Waals surface area contributed by atoms with Crippen LogP contribution in [0.5, 0.6) is 0 Å². The Morgan fingerprint density at radius 2 is 2.04 bits per heavy atom. The van der Waals surface area contributed by atoms with Crippen molar-refractivity contribution in [3.05, 3.63) is 65.3 Å². The van der Waals surface area contributed by atoms with Crippen LogP contribution in [0, 0.1) is 12.7 Å². The van der Waals surface area contributed by atoms with Crippen molar-refractivity contribution in [2.45, 2.75) is 33.2 Å². The quantitative estimate of drug-likeness (QED) is 0.594. The Morgan fingerprint density at radius 1 is 1.19 bits per heavy atom. The van der Waals surface area contributed by atoms with Crippen LogP contribution >= 0.6 is 0 Å². The third kappa shape index (κ3) is 3.69. The summed E-state index contributed by atoms with van der Waals surface area (Å²) in [6.45, 7) is 6.11. The number of aromatic amines is 1. The van der Waals surface area contributed by atoms with Crippen LogP contribution in [-0.2, 0) is 0 Å². The Morgan fingerprint density at radius 3 is 2.85 bits per heavy atom. The van der Waals surface area contributed by atoms with Crippen molar-refractivity contribution in [3.63, 3.8) is 0 Å². The van der Waals surface area contributed by atoms with Crippen LogP contribution < -0.4 is 10.6 Å². The Labute approximate surface area is 157 Å². The van der Waals surface area contributed by atoms with Gasteiger partial charge in [-0.1, -0.05) is 23.3 Å². The molecule has 3 N–H and O–H groups in total. The average Bonchev–Trinajstić information content (AvgIpc) is 2.98. The number of rotatable bonds is 4. The monoisotopic (exact) mass is 363 g/mol. The molecule has 0 radical (unpaired) electrons. The first kappa shape index (κ1) is 17.3. The van der Waals surface area contributed by atoms with Gasteiger partial charge >= 0.3 is 0 Å². The van der Waals surface area contributed by atoms with Crippen molar-refractivity contribution in [1.29, 1.82) is 0 Å². The number of anilines is 3. The van der Waals surface area contributed by atoms with E-state index in [1.807, 2.05) is 13.0 Å². The van der Waals surface area contributed by atoms with E-state index in [4.69, 9.17) is 0 Å². The van der Waals surface area contributed by atoms with Crippen molar-refractivity contribution in [3.8, 4) is 0 Å². The minimum atomic E-state index is -0.295. The Balaban J connectivity index is 1.55. The minimum absolute atomic E-state index is 0.154. The standard InChI is InChI=1S/C21H22FN5/c1-12-8-13(2)10-15(9-12)25-21-23-7-6-19(27-21)26-18-5-4-17-16(20(18)22)11-14(3)24-17/h4-9,11,15,24H,10H2,1-3H3,(H2,23,25,26,27). The molecule has 0 bridgehead atoms. The zero-order chi connectivity index (χ0) is 19.0. The molecule has 1 atom stereocenters. The first-order valence-electron chi connectivity index (χ1n) is 8.98. The lowest BCUT2D eigenvalue weighted by molar-refractivity contribution is 0.643. The maximum Gasteiger partial charge on any atom is 0.225 e. The van der Waals surface area contributed by atoms with E-state index in [0.717, 1.165) is 17.6 Å². The fraction of sp³-hybridized carbons (Fsp3) is 0.238. The summed E-state index contributed by atoms with van der Waals surface area (Å²) in [7, 11) is 0. The SMILES string of the molecule is CC1=CC(Nc2nccc(Nc3ccc4[nH]c(C)cc4c3F)n2)CC(C)=C1. The van der Waals surface area contributed by atoms with Crippen LogP contribution in [0.1, 0.15) is 26.0 Å². The van der Waals surface area contributed by atoms with Crippen molar-refractivity contribution >= 4 is 28.4 Å². The molecule has 0 amide bonds. The summed E-state index contributed by atoms with van der Waals surface area (Å²) in [5.41, 5.74) is 4.64. The van der Waals surface area contributed by atoms with E-state index < -0.39 is 0 Å². The van der Waals surface area contributed by atoms with Crippen LogP contribution in [-0.4, -0.2) is 21.0 Å². The molecule has 5 nitrogen and oxygen atoms in total. The zero-order valence-electron chi connectivity index (χ0n) is 15.6. The number of halogens is 1. The number of nitrogens with one attached hydrogen (secondary N) is 3. The van der Waals surface area contributed by atoms with E-state index in [0.29, 0.717) is 22.8 Å². The molecule has 0 spiro atoms. The molecular formula is C21H22FN5. The van der Waals surface area contributed by atoms with Gasteiger partial charge in [0.1, 0.15) is 5.82 Å². The van der Waals surface area contributed by atoms with Gasteiger partial charge in [0, 0.05) is 22.8 Å². The Bertz CT molecular complexity index is 1060. The predicted molar refractivity (Wildman–Crippen MR) is 108 cm³/mol. The molecule has 2 heterocycles. The number of aromatic nitrogens is 3. The number of allylic oxidation sites excluding steroid dienone is 2. The summed E-state index contributed by atoms with van der Waals surface area (Å²) in [5, 5.41) is 6.96. The van der Waals surface area contributed by atoms with Crippen LogP contribution in [0.3, 0.4) is 0 Å². The highest BCUT2D eigenvalue weighted by Gasteiger charge is 2.14. The van der Waals surface area contributed by atoms with Crippen LogP contribution in [0.4, 0.5) is 21.8 Å². The first-order chi connectivity index (χ1) is 13.0. The van der Waals surface area contributed by atoms with Crippen molar-refractivity contribution in [2.24, 2.45) is 0 Å². The Hall–Kier alpha value is -3.15. The first-order valence-corrected chi connectivity index (χ1v) is 8.98. The number of benzene rings is 1. The molecule has 4 rings (SSSR count). The Kier molecular flexibility index (Phi) is 4.39. The highest BCUT2D eigenvalue weighted by atomic mass is 19.1. The van der Waals surface area contributed by atoms with Crippen LogP contribution in [0.15, 0.2) is 53.8 Å². The van der Waals surface area contributed by atoms with E-state index >= 15 is 0 Å². The third-order valence-corrected chi connectivity index (χ3v) is 4.59. The van der Waals surface area contributed by atoms with Crippen molar-refractivity contribution < 1.29 is 4.39 Å². The molecule has 1 aromatic carbocycles. The predicted octanol–water partition coefficient (Wildman–Crippen LogP) is 5.23. The maximum absolute atomic E-state index is 14.8. The van der Waals surface area contributed by atoms with Gasteiger partial charge in [-0.3, -0.25) is 0 Å². The van der Waals surface area contributed by atoms with Gasteiger partial charge in [0.2, 0.25) is 5.95 Å². The normalized spacial score (nSPS) is 16.8. The van der Waals surface area contributed by atoms with Crippen LogP contribution in [0.2, 0.25) is 0 Å². The van der Waals surface area contributed by atoms with Gasteiger partial charge < -0.3 is 15.6 Å². The second-order valence-electron chi connectivity index (χ2n) is 7.09. The fourth-order valence-electron chi connectivity index (χ4n) is 3.52. The molecule has 3 aromatic rings. The van der Waals surface area contributed by atoms with E-state index in [-0.39, 0.29) is 11.9 Å². The summed E-state index contributed by atoms with van der Waals surface area (Å²) >= 11 is 0. The summed E-state index contributed by atoms with van der Waals surface area (Å²) in [6.07, 6.45) is 6.92. The maximum atomic E-state index is 14.8. The second-order valence-corrected chi connectivity index (χ2v) is 7.09. The largest absolute Gasteiger partial charge is 0.359 e. The number of fused-ring (bicyclic) bond motifs is 1. The van der Waals surface area contributed by atoms with E-state index in [2.05, 4.69) is 51.6 Å². The van der Waals surface area contributed by atoms with Gasteiger partial charge in [-0.15, -0.1) is 0 Å². The molecule has 27 heavy (non-hydrogen) atoms. The van der Waals surface area contributed by atoms with Gasteiger partial charge in [0.05, 0.1) is 11.7 Å². The van der Waals surface area contributed by atoms with E-state index in [9.17, 15) is 4.39 Å². The lowest BCUT2D eigenvalue weighted by Gasteiger charge is -2.20. The summed E-state index contributed by atoms with van der Waals surface area (Å²) in [4.78, 5) is 11.9. The molecule has 6 heteroatoms. The molecule has 1 aliphatic rings. The molecule has 138 valence electrons. The van der Waals surface area contributed by atoms with Crippen molar-refractivity contribution in [1.82, 2.24) is 15.0 Å². The lowest BCUT2D eigenvalue weighted by Crippen LogP contribution is -2.21. The van der Waals surface area contributed by atoms with Gasteiger partial charge in [-0.05, 0) is 51.5 Å². The minimum Gasteiger partial charge on any atom is -0.359 e. The van der Waals surface area contributed by atoms with Gasteiger partial charge in [0.25, 0.3) is 0 Å². The molecule has 1 aliphatic carbocycles. The zero-order valence-corrected chi connectivity index (χ0v) is 15.6. The van der Waals surface area contributed by atoms with Gasteiger partial charge in [-0.2, -0.15) is 4.98 Å².